The van der Waals surface area contributed by atoms with Gasteiger partial charge in [-0.2, -0.15) is 0 Å². The highest BCUT2D eigenvalue weighted by atomic mass is 16.6. The van der Waals surface area contributed by atoms with Crippen molar-refractivity contribution in [1.82, 2.24) is 14.5 Å². The number of nitrogens with two attached hydrogens (primary N) is 1. The molecule has 0 saturated heterocycles. The number of anilines is 1. The minimum absolute atomic E-state index is 0.0374. The van der Waals surface area contributed by atoms with Gasteiger partial charge in [-0.25, -0.2) is 9.78 Å². The van der Waals surface area contributed by atoms with Crippen molar-refractivity contribution in [2.24, 2.45) is 12.8 Å². The number of imidazole rings is 1. The van der Waals surface area contributed by atoms with E-state index < -0.39 is 35.2 Å². The molecule has 11 heteroatoms. The van der Waals surface area contributed by atoms with Crippen LogP contribution in [0.1, 0.15) is 70.3 Å². The Labute approximate surface area is 251 Å². The number of carbonyl (C=O) groups excluding carboxylic acids is 4. The first-order valence-corrected chi connectivity index (χ1v) is 14.1. The van der Waals surface area contributed by atoms with Crippen molar-refractivity contribution < 1.29 is 28.7 Å². The van der Waals surface area contributed by atoms with Gasteiger partial charge in [0.1, 0.15) is 23.1 Å². The van der Waals surface area contributed by atoms with Gasteiger partial charge < -0.3 is 24.7 Å². The second-order valence-electron chi connectivity index (χ2n) is 12.6. The van der Waals surface area contributed by atoms with Crippen molar-refractivity contribution in [1.29, 1.82) is 0 Å². The molecule has 3 N–H and O–H groups in total. The number of fused-ring (bicyclic) bond motifs is 1. The molecule has 4 rings (SSSR count). The van der Waals surface area contributed by atoms with E-state index in [1.165, 1.54) is 4.90 Å². The Hall–Kier alpha value is -4.67. The third kappa shape index (κ3) is 7.59. The molecule has 11 nitrogen and oxygen atoms in total. The van der Waals surface area contributed by atoms with Crippen molar-refractivity contribution in [3.8, 4) is 22.6 Å². The zero-order valence-corrected chi connectivity index (χ0v) is 25.7. The molecule has 1 aliphatic rings. The zero-order chi connectivity index (χ0) is 31.7. The van der Waals surface area contributed by atoms with E-state index in [1.54, 1.807) is 65.9 Å². The van der Waals surface area contributed by atoms with Gasteiger partial charge in [0, 0.05) is 36.8 Å². The number of carbonyl (C=O) groups is 4. The molecule has 228 valence electrons. The Bertz CT molecular complexity index is 1550. The number of hydrogen-bond acceptors (Lipinski definition) is 7. The van der Waals surface area contributed by atoms with Crippen LogP contribution in [0.4, 0.5) is 10.5 Å². The topological polar surface area (TPSA) is 146 Å². The van der Waals surface area contributed by atoms with Crippen molar-refractivity contribution >= 4 is 29.6 Å². The summed E-state index contributed by atoms with van der Waals surface area (Å²) in [5.74, 6) is -0.748. The van der Waals surface area contributed by atoms with Crippen LogP contribution in [-0.2, 0) is 32.7 Å². The maximum atomic E-state index is 13.2. The van der Waals surface area contributed by atoms with Gasteiger partial charge in [0.25, 0.3) is 5.91 Å². The van der Waals surface area contributed by atoms with E-state index in [1.807, 2.05) is 35.9 Å². The van der Waals surface area contributed by atoms with Crippen LogP contribution in [-0.4, -0.2) is 55.6 Å². The number of nitrogens with zero attached hydrogens (tertiary/aromatic N) is 3. The largest absolute Gasteiger partial charge is 0.460 e. The van der Waals surface area contributed by atoms with Crippen LogP contribution >= 0.6 is 0 Å². The molecular weight excluding hydrogens is 550 g/mol. The fraction of sp³-hybridized carbons (Fsp3) is 0.406. The lowest BCUT2D eigenvalue weighted by molar-refractivity contribution is -0.155. The number of ether oxygens (including phenoxy) is 2. The number of hydrogen-bond donors (Lipinski definition) is 2. The fourth-order valence-corrected chi connectivity index (χ4v) is 4.92. The van der Waals surface area contributed by atoms with E-state index in [0.29, 0.717) is 17.1 Å². The molecule has 1 aromatic heterocycles. The van der Waals surface area contributed by atoms with Crippen LogP contribution in [0, 0.1) is 0 Å². The van der Waals surface area contributed by atoms with Crippen molar-refractivity contribution in [3.63, 3.8) is 0 Å². The minimum atomic E-state index is -0.941. The number of esters is 1. The molecule has 0 radical (unpaired) electrons. The molecule has 2 heterocycles. The summed E-state index contributed by atoms with van der Waals surface area (Å²) >= 11 is 0. The van der Waals surface area contributed by atoms with Gasteiger partial charge in [0.15, 0.2) is 0 Å². The number of aromatic nitrogens is 2. The summed E-state index contributed by atoms with van der Waals surface area (Å²) in [6.45, 7) is 10.9. The molecular formula is C32H39N5O6. The fourth-order valence-electron chi connectivity index (χ4n) is 4.92. The predicted octanol–water partition coefficient (Wildman–Crippen LogP) is 5.03. The second-order valence-corrected chi connectivity index (χ2v) is 12.6. The highest BCUT2D eigenvalue weighted by Gasteiger charge is 2.36. The van der Waals surface area contributed by atoms with E-state index in [-0.39, 0.29) is 25.3 Å². The van der Waals surface area contributed by atoms with Crippen LogP contribution in [0.3, 0.4) is 0 Å². The monoisotopic (exact) mass is 589 g/mol. The normalized spacial score (nSPS) is 13.8. The molecule has 1 aliphatic heterocycles. The molecule has 0 fully saturated rings. The number of benzene rings is 2. The van der Waals surface area contributed by atoms with Gasteiger partial charge in [-0.05, 0) is 83.4 Å². The number of primary amides is 1. The molecule has 0 spiro atoms. The Kier molecular flexibility index (Phi) is 8.66. The van der Waals surface area contributed by atoms with Gasteiger partial charge in [0.2, 0.25) is 5.91 Å². The smallest absolute Gasteiger partial charge is 0.412 e. The first-order chi connectivity index (χ1) is 20.0. The summed E-state index contributed by atoms with van der Waals surface area (Å²) in [5.41, 5.74) is 8.80. The lowest BCUT2D eigenvalue weighted by atomic mass is 10.1. The van der Waals surface area contributed by atoms with Crippen molar-refractivity contribution in [2.45, 2.75) is 78.2 Å². The number of nitrogens with one attached hydrogen (secondary N) is 1. The van der Waals surface area contributed by atoms with Crippen LogP contribution in [0.2, 0.25) is 0 Å². The maximum Gasteiger partial charge on any atom is 0.412 e. The first kappa shape index (κ1) is 31.3. The summed E-state index contributed by atoms with van der Waals surface area (Å²) in [5, 5.41) is 2.72. The molecule has 0 saturated carbocycles. The Morgan fingerprint density at radius 3 is 2.21 bits per heavy atom. The first-order valence-electron chi connectivity index (χ1n) is 14.1. The number of rotatable bonds is 8. The average Bonchev–Trinajstić information content (AvgIpc) is 3.41. The summed E-state index contributed by atoms with van der Waals surface area (Å²) in [7, 11) is 1.90. The summed E-state index contributed by atoms with van der Waals surface area (Å²) < 4.78 is 12.6. The molecule has 1 atom stereocenters. The maximum absolute atomic E-state index is 13.2. The summed E-state index contributed by atoms with van der Waals surface area (Å²) in [6, 6.07) is 11.8. The molecule has 3 amide bonds. The standard InChI is InChI=1S/C32H39N5O6/c1-31(2,3)42-26(38)15-14-24(27(33)39)37-18-21-16-20(10-13-23(21)29(37)40)28-34-17-25(36(28)7)19-8-11-22(12-9-19)35-30(41)43-32(4,5)6/h8-13,16-17,24H,14-15,18H2,1-7H3,(H2,33,39)(H,35,41). The Morgan fingerprint density at radius 2 is 1.60 bits per heavy atom. The van der Waals surface area contributed by atoms with Gasteiger partial charge >= 0.3 is 12.1 Å². The van der Waals surface area contributed by atoms with Crippen LogP contribution < -0.4 is 11.1 Å². The molecule has 43 heavy (non-hydrogen) atoms. The Balaban J connectivity index is 1.49. The van der Waals surface area contributed by atoms with Crippen molar-refractivity contribution in [3.05, 3.63) is 59.8 Å². The molecule has 2 aromatic carbocycles. The van der Waals surface area contributed by atoms with Crippen LogP contribution in [0.15, 0.2) is 48.7 Å². The summed E-state index contributed by atoms with van der Waals surface area (Å²) in [6.07, 6.45) is 1.27. The van der Waals surface area contributed by atoms with E-state index in [2.05, 4.69) is 10.3 Å². The van der Waals surface area contributed by atoms with E-state index in [0.717, 1.165) is 22.4 Å². The SMILES string of the molecule is Cn1c(-c2ccc(NC(=O)OC(C)(C)C)cc2)cnc1-c1ccc2c(c1)CN(C(CCC(=O)OC(C)(C)C)C(N)=O)C2=O. The van der Waals surface area contributed by atoms with Crippen LogP contribution in [0.25, 0.3) is 22.6 Å². The highest BCUT2D eigenvalue weighted by molar-refractivity contribution is 6.01. The van der Waals surface area contributed by atoms with E-state index in [4.69, 9.17) is 15.2 Å². The molecule has 0 bridgehead atoms. The lowest BCUT2D eigenvalue weighted by Crippen LogP contribution is -2.45. The molecule has 3 aromatic rings. The Morgan fingerprint density at radius 1 is 0.977 bits per heavy atom. The third-order valence-corrected chi connectivity index (χ3v) is 6.76. The molecule has 0 aliphatic carbocycles. The van der Waals surface area contributed by atoms with Gasteiger partial charge in [-0.1, -0.05) is 18.2 Å². The van der Waals surface area contributed by atoms with Gasteiger partial charge in [-0.3, -0.25) is 19.7 Å². The molecule has 1 unspecified atom stereocenters. The summed E-state index contributed by atoms with van der Waals surface area (Å²) in [4.78, 5) is 55.9. The highest BCUT2D eigenvalue weighted by Crippen LogP contribution is 2.32. The van der Waals surface area contributed by atoms with Gasteiger partial charge in [0.05, 0.1) is 11.9 Å². The quantitative estimate of drug-likeness (QED) is 0.350. The third-order valence-electron chi connectivity index (χ3n) is 6.76. The lowest BCUT2D eigenvalue weighted by Gasteiger charge is -2.25. The second kappa shape index (κ2) is 11.9. The van der Waals surface area contributed by atoms with Crippen LogP contribution in [0.5, 0.6) is 0 Å². The number of amides is 3. The van der Waals surface area contributed by atoms with E-state index in [9.17, 15) is 19.2 Å². The predicted molar refractivity (Wildman–Crippen MR) is 162 cm³/mol. The van der Waals surface area contributed by atoms with Gasteiger partial charge in [-0.15, -0.1) is 0 Å². The minimum Gasteiger partial charge on any atom is -0.460 e. The van der Waals surface area contributed by atoms with E-state index >= 15 is 0 Å². The van der Waals surface area contributed by atoms with Crippen molar-refractivity contribution in [2.75, 3.05) is 5.32 Å². The zero-order valence-electron chi connectivity index (χ0n) is 25.7. The average molecular weight is 590 g/mol.